The highest BCUT2D eigenvalue weighted by molar-refractivity contribution is 5.80. The predicted molar refractivity (Wildman–Crippen MR) is 42.9 cm³/mol. The van der Waals surface area contributed by atoms with E-state index in [0.717, 1.165) is 0 Å². The van der Waals surface area contributed by atoms with Gasteiger partial charge in [-0.15, -0.1) is 0 Å². The van der Waals surface area contributed by atoms with E-state index in [4.69, 9.17) is 5.11 Å². The molecule has 4 nitrogen and oxygen atoms in total. The highest BCUT2D eigenvalue weighted by Crippen LogP contribution is 2.25. The van der Waals surface area contributed by atoms with Crippen molar-refractivity contribution in [3.63, 3.8) is 0 Å². The fourth-order valence-corrected chi connectivity index (χ4v) is 1.67. The Kier molecular flexibility index (Phi) is 3.38. The molecule has 1 aliphatic carbocycles. The maximum Gasteiger partial charge on any atom is 0.315 e. The monoisotopic (exact) mass is 207 g/mol. The van der Waals surface area contributed by atoms with Crippen LogP contribution < -0.4 is 5.32 Å². The summed E-state index contributed by atoms with van der Waals surface area (Å²) in [5.74, 6) is -3.15. The Hall–Kier alpha value is -1.20. The van der Waals surface area contributed by atoms with Crippen molar-refractivity contribution >= 4 is 11.9 Å². The van der Waals surface area contributed by atoms with Crippen molar-refractivity contribution in [3.05, 3.63) is 0 Å². The molecule has 1 aliphatic rings. The lowest BCUT2D eigenvalue weighted by molar-refractivity contribution is -0.143. The molecule has 2 N–H and O–H groups in total. The minimum absolute atomic E-state index is 0.434. The molecular weight excluding hydrogens is 196 g/mol. The summed E-state index contributed by atoms with van der Waals surface area (Å²) >= 11 is 0. The van der Waals surface area contributed by atoms with Crippen molar-refractivity contribution in [3.8, 4) is 0 Å². The van der Waals surface area contributed by atoms with E-state index in [2.05, 4.69) is 0 Å². The Bertz CT molecular complexity index is 245. The second kappa shape index (κ2) is 4.34. The first kappa shape index (κ1) is 10.9. The van der Waals surface area contributed by atoms with Gasteiger partial charge >= 0.3 is 12.4 Å². The number of nitrogens with one attached hydrogen (secondary N) is 1. The quantitative estimate of drug-likeness (QED) is 0.713. The van der Waals surface area contributed by atoms with Gasteiger partial charge in [-0.05, 0) is 12.8 Å². The molecule has 0 aliphatic heterocycles. The molecule has 1 rings (SSSR count). The van der Waals surface area contributed by atoms with E-state index in [9.17, 15) is 18.4 Å². The second-order valence-electron chi connectivity index (χ2n) is 3.29. The standard InChI is InChI=1S/C8H11F2NO3/c9-6(10)7(12)11-5-3-1-2-4(5)8(13)14/h4-6H,1-3H2,(H,11,12)(H,13,14). The van der Waals surface area contributed by atoms with Gasteiger partial charge in [-0.2, -0.15) is 8.78 Å². The highest BCUT2D eigenvalue weighted by atomic mass is 19.3. The zero-order valence-electron chi connectivity index (χ0n) is 7.37. The number of carboxylic acid groups (broad SMARTS) is 1. The molecule has 0 aromatic carbocycles. The third kappa shape index (κ3) is 2.40. The molecule has 0 aromatic heterocycles. The molecule has 6 heteroatoms. The Morgan fingerprint density at radius 2 is 2.00 bits per heavy atom. The van der Waals surface area contributed by atoms with E-state index < -0.39 is 30.3 Å². The highest BCUT2D eigenvalue weighted by Gasteiger charge is 2.35. The van der Waals surface area contributed by atoms with Gasteiger partial charge in [0, 0.05) is 6.04 Å². The zero-order valence-corrected chi connectivity index (χ0v) is 7.37. The van der Waals surface area contributed by atoms with Gasteiger partial charge < -0.3 is 10.4 Å². The smallest absolute Gasteiger partial charge is 0.315 e. The van der Waals surface area contributed by atoms with E-state index in [1.165, 1.54) is 0 Å². The minimum atomic E-state index is -3.08. The molecule has 2 unspecified atom stereocenters. The molecule has 2 atom stereocenters. The number of hydrogen-bond donors (Lipinski definition) is 2. The van der Waals surface area contributed by atoms with Crippen molar-refractivity contribution in [2.24, 2.45) is 5.92 Å². The number of alkyl halides is 2. The molecule has 1 amide bonds. The summed E-state index contributed by atoms with van der Waals surface area (Å²) in [5, 5.41) is 10.7. The van der Waals surface area contributed by atoms with Crippen LogP contribution in [0.2, 0.25) is 0 Å². The largest absolute Gasteiger partial charge is 0.481 e. The average Bonchev–Trinajstić information content (AvgIpc) is 2.52. The van der Waals surface area contributed by atoms with Crippen LogP contribution in [0, 0.1) is 5.92 Å². The van der Waals surface area contributed by atoms with Crippen molar-refractivity contribution in [1.29, 1.82) is 0 Å². The van der Waals surface area contributed by atoms with E-state index in [1.807, 2.05) is 5.32 Å². The van der Waals surface area contributed by atoms with Gasteiger partial charge in [0.25, 0.3) is 5.91 Å². The van der Waals surface area contributed by atoms with Crippen LogP contribution in [0.5, 0.6) is 0 Å². The molecule has 1 saturated carbocycles. The number of carboxylic acids is 1. The summed E-state index contributed by atoms with van der Waals surface area (Å²) in [7, 11) is 0. The Morgan fingerprint density at radius 1 is 1.36 bits per heavy atom. The molecule has 0 bridgehead atoms. The number of rotatable bonds is 3. The average molecular weight is 207 g/mol. The summed E-state index contributed by atoms with van der Waals surface area (Å²) < 4.78 is 23.7. The van der Waals surface area contributed by atoms with Crippen LogP contribution in [0.1, 0.15) is 19.3 Å². The Balaban J connectivity index is 2.51. The first-order chi connectivity index (χ1) is 6.52. The topological polar surface area (TPSA) is 66.4 Å². The normalized spacial score (nSPS) is 26.5. The van der Waals surface area contributed by atoms with E-state index in [-0.39, 0.29) is 0 Å². The summed E-state index contributed by atoms with van der Waals surface area (Å²) in [4.78, 5) is 21.2. The SMILES string of the molecule is O=C(NC1CCCC1C(=O)O)C(F)F. The van der Waals surface area contributed by atoms with Crippen molar-refractivity contribution in [2.75, 3.05) is 0 Å². The van der Waals surface area contributed by atoms with Gasteiger partial charge in [-0.1, -0.05) is 6.42 Å². The van der Waals surface area contributed by atoms with E-state index in [0.29, 0.717) is 19.3 Å². The lowest BCUT2D eigenvalue weighted by Gasteiger charge is -2.16. The molecule has 0 aromatic rings. The zero-order chi connectivity index (χ0) is 10.7. The first-order valence-corrected chi connectivity index (χ1v) is 4.33. The van der Waals surface area contributed by atoms with Crippen LogP contribution in [0.15, 0.2) is 0 Å². The number of amides is 1. The van der Waals surface area contributed by atoms with E-state index >= 15 is 0 Å². The van der Waals surface area contributed by atoms with Crippen LogP contribution in [0.25, 0.3) is 0 Å². The van der Waals surface area contributed by atoms with Crippen molar-refractivity contribution < 1.29 is 23.5 Å². The number of carbonyl (C=O) groups is 2. The van der Waals surface area contributed by atoms with Crippen LogP contribution in [-0.4, -0.2) is 29.5 Å². The van der Waals surface area contributed by atoms with Gasteiger partial charge in [-0.25, -0.2) is 0 Å². The van der Waals surface area contributed by atoms with Crippen LogP contribution in [0.3, 0.4) is 0 Å². The predicted octanol–water partition coefficient (Wildman–Crippen LogP) is 0.621. The molecule has 0 spiro atoms. The van der Waals surface area contributed by atoms with Gasteiger partial charge in [0.1, 0.15) is 0 Å². The summed E-state index contributed by atoms with van der Waals surface area (Å²) in [6.07, 6.45) is -1.55. The molecule has 80 valence electrons. The minimum Gasteiger partial charge on any atom is -0.481 e. The van der Waals surface area contributed by atoms with Gasteiger partial charge in [-0.3, -0.25) is 9.59 Å². The van der Waals surface area contributed by atoms with Crippen LogP contribution in [-0.2, 0) is 9.59 Å². The fourth-order valence-electron chi connectivity index (χ4n) is 1.67. The second-order valence-corrected chi connectivity index (χ2v) is 3.29. The lowest BCUT2D eigenvalue weighted by Crippen LogP contribution is -2.42. The summed E-state index contributed by atoms with van der Waals surface area (Å²) in [6, 6.07) is -0.644. The first-order valence-electron chi connectivity index (χ1n) is 4.33. The number of aliphatic carboxylic acids is 1. The maximum absolute atomic E-state index is 11.9. The molecule has 0 heterocycles. The summed E-state index contributed by atoms with van der Waals surface area (Å²) in [6.45, 7) is 0. The number of halogens is 2. The van der Waals surface area contributed by atoms with Crippen LogP contribution in [0.4, 0.5) is 8.78 Å². The molecule has 1 fully saturated rings. The molecule has 0 radical (unpaired) electrons. The lowest BCUT2D eigenvalue weighted by atomic mass is 10.0. The van der Waals surface area contributed by atoms with Gasteiger partial charge in [0.2, 0.25) is 0 Å². The van der Waals surface area contributed by atoms with E-state index in [1.54, 1.807) is 0 Å². The summed E-state index contributed by atoms with van der Waals surface area (Å²) in [5.41, 5.74) is 0. The van der Waals surface area contributed by atoms with Gasteiger partial charge in [0.15, 0.2) is 0 Å². The Labute approximate surface area is 79.3 Å². The molecule has 0 saturated heterocycles. The van der Waals surface area contributed by atoms with Crippen molar-refractivity contribution in [2.45, 2.75) is 31.7 Å². The third-order valence-corrected chi connectivity index (χ3v) is 2.36. The number of hydrogen-bond acceptors (Lipinski definition) is 2. The molecular formula is C8H11F2NO3. The fraction of sp³-hybridized carbons (Fsp3) is 0.750. The Morgan fingerprint density at radius 3 is 2.50 bits per heavy atom. The van der Waals surface area contributed by atoms with Crippen LogP contribution >= 0.6 is 0 Å². The van der Waals surface area contributed by atoms with Gasteiger partial charge in [0.05, 0.1) is 5.92 Å². The molecule has 14 heavy (non-hydrogen) atoms. The maximum atomic E-state index is 11.9. The third-order valence-electron chi connectivity index (χ3n) is 2.36. The number of carbonyl (C=O) groups excluding carboxylic acids is 1. The van der Waals surface area contributed by atoms with Crippen molar-refractivity contribution in [1.82, 2.24) is 5.32 Å².